The van der Waals surface area contributed by atoms with Crippen molar-refractivity contribution in [1.82, 2.24) is 4.98 Å². The van der Waals surface area contributed by atoms with E-state index in [2.05, 4.69) is 43.6 Å². The molecule has 2 aromatic rings. The van der Waals surface area contributed by atoms with Gasteiger partial charge in [0, 0.05) is 24.2 Å². The number of nitrogens with zero attached hydrogens (tertiary/aromatic N) is 2. The Morgan fingerprint density at radius 3 is 2.30 bits per heavy atom. The van der Waals surface area contributed by atoms with Crippen molar-refractivity contribution < 1.29 is 9.90 Å². The maximum atomic E-state index is 11.1. The summed E-state index contributed by atoms with van der Waals surface area (Å²) in [6.07, 6.45) is -0.0466. The molecule has 0 radical (unpaired) electrons. The van der Waals surface area contributed by atoms with Gasteiger partial charge in [-0.3, -0.25) is 9.78 Å². The normalized spacial score (nSPS) is 11.4. The van der Waals surface area contributed by atoms with Crippen LogP contribution >= 0.6 is 0 Å². The van der Waals surface area contributed by atoms with Crippen molar-refractivity contribution in [2.24, 2.45) is 11.8 Å². The van der Waals surface area contributed by atoms with Crippen molar-refractivity contribution in [1.29, 1.82) is 0 Å². The lowest BCUT2D eigenvalue weighted by molar-refractivity contribution is -0.136. The summed E-state index contributed by atoms with van der Waals surface area (Å²) in [4.78, 5) is 18.0. The second kappa shape index (κ2) is 7.44. The van der Waals surface area contributed by atoms with Crippen LogP contribution in [0.4, 0.5) is 5.69 Å². The van der Waals surface area contributed by atoms with Crippen molar-refractivity contribution in [3.8, 4) is 0 Å². The molecule has 0 unspecified atom stereocenters. The quantitative estimate of drug-likeness (QED) is 0.840. The van der Waals surface area contributed by atoms with Gasteiger partial charge in [-0.2, -0.15) is 0 Å². The van der Waals surface area contributed by atoms with Crippen LogP contribution in [-0.4, -0.2) is 29.1 Å². The fraction of sp³-hybridized carbons (Fsp3) is 0.474. The predicted octanol–water partition coefficient (Wildman–Crippen LogP) is 3.98. The molecule has 0 aliphatic carbocycles. The summed E-state index contributed by atoms with van der Waals surface area (Å²) in [5.41, 5.74) is 2.57. The molecule has 0 bridgehead atoms. The van der Waals surface area contributed by atoms with Crippen LogP contribution in [0.1, 0.15) is 33.4 Å². The number of rotatable bonds is 7. The third-order valence-electron chi connectivity index (χ3n) is 3.59. The minimum Gasteiger partial charge on any atom is -0.481 e. The number of fused-ring (bicyclic) bond motifs is 1. The molecule has 4 heteroatoms. The van der Waals surface area contributed by atoms with E-state index in [1.54, 1.807) is 0 Å². The molecule has 1 heterocycles. The lowest BCUT2D eigenvalue weighted by atomic mass is 10.1. The summed E-state index contributed by atoms with van der Waals surface area (Å²) >= 11 is 0. The summed E-state index contributed by atoms with van der Waals surface area (Å²) in [7, 11) is 0. The molecule has 2 rings (SSSR count). The molecule has 0 atom stereocenters. The topological polar surface area (TPSA) is 53.4 Å². The summed E-state index contributed by atoms with van der Waals surface area (Å²) in [5.74, 6) is 0.213. The second-order valence-electron chi connectivity index (χ2n) is 6.91. The number of anilines is 1. The smallest absolute Gasteiger partial charge is 0.309 e. The Morgan fingerprint density at radius 1 is 1.13 bits per heavy atom. The molecule has 0 fully saturated rings. The Morgan fingerprint density at radius 2 is 1.74 bits per heavy atom. The number of benzene rings is 1. The Kier molecular flexibility index (Phi) is 5.59. The van der Waals surface area contributed by atoms with Gasteiger partial charge in [-0.15, -0.1) is 0 Å². The number of pyridine rings is 1. The zero-order valence-corrected chi connectivity index (χ0v) is 14.4. The summed E-state index contributed by atoms with van der Waals surface area (Å²) < 4.78 is 0. The van der Waals surface area contributed by atoms with E-state index in [9.17, 15) is 4.79 Å². The highest BCUT2D eigenvalue weighted by Crippen LogP contribution is 2.28. The van der Waals surface area contributed by atoms with Gasteiger partial charge < -0.3 is 10.0 Å². The van der Waals surface area contributed by atoms with E-state index in [0.717, 1.165) is 29.7 Å². The largest absolute Gasteiger partial charge is 0.481 e. The van der Waals surface area contributed by atoms with E-state index in [1.165, 1.54) is 0 Å². The number of carboxylic acids is 1. The molecule has 23 heavy (non-hydrogen) atoms. The maximum absolute atomic E-state index is 11.1. The molecular weight excluding hydrogens is 288 g/mol. The van der Waals surface area contributed by atoms with Gasteiger partial charge in [-0.1, -0.05) is 45.9 Å². The van der Waals surface area contributed by atoms with Crippen molar-refractivity contribution >= 4 is 22.6 Å². The molecule has 0 spiro atoms. The number of para-hydroxylation sites is 1. The van der Waals surface area contributed by atoms with E-state index < -0.39 is 5.97 Å². The van der Waals surface area contributed by atoms with Crippen LogP contribution < -0.4 is 4.90 Å². The van der Waals surface area contributed by atoms with Crippen LogP contribution in [0.2, 0.25) is 0 Å². The minimum atomic E-state index is -0.849. The first-order valence-corrected chi connectivity index (χ1v) is 8.22. The highest BCUT2D eigenvalue weighted by Gasteiger charge is 2.16. The molecule has 0 aliphatic heterocycles. The van der Waals surface area contributed by atoms with Gasteiger partial charge in [0.25, 0.3) is 0 Å². The van der Waals surface area contributed by atoms with Crippen LogP contribution in [0, 0.1) is 11.8 Å². The third-order valence-corrected chi connectivity index (χ3v) is 3.59. The monoisotopic (exact) mass is 314 g/mol. The molecule has 4 nitrogen and oxygen atoms in total. The standard InChI is InChI=1S/C19H26N2O2/c1-13(2)11-21(12-14(3)4)18-9-15(10-19(22)23)20-17-8-6-5-7-16(17)18/h5-9,13-14H,10-12H2,1-4H3,(H,22,23). The summed E-state index contributed by atoms with van der Waals surface area (Å²) in [6, 6.07) is 9.91. The predicted molar refractivity (Wildman–Crippen MR) is 95.0 cm³/mol. The van der Waals surface area contributed by atoms with Gasteiger partial charge in [0.1, 0.15) is 0 Å². The number of hydrogen-bond donors (Lipinski definition) is 1. The zero-order valence-electron chi connectivity index (χ0n) is 14.4. The first-order valence-electron chi connectivity index (χ1n) is 8.22. The molecule has 0 amide bonds. The molecule has 1 aromatic carbocycles. The Labute approximate surface area is 138 Å². The summed E-state index contributed by atoms with van der Waals surface area (Å²) in [5, 5.41) is 10.2. The minimum absolute atomic E-state index is 0.0466. The van der Waals surface area contributed by atoms with E-state index >= 15 is 0 Å². The first-order chi connectivity index (χ1) is 10.9. The molecule has 124 valence electrons. The van der Waals surface area contributed by atoms with Crippen molar-refractivity contribution in [3.05, 3.63) is 36.0 Å². The molecule has 0 saturated heterocycles. The van der Waals surface area contributed by atoms with Crippen molar-refractivity contribution in [2.45, 2.75) is 34.1 Å². The van der Waals surface area contributed by atoms with E-state index in [1.807, 2.05) is 24.3 Å². The molecule has 0 saturated carbocycles. The molecular formula is C19H26N2O2. The van der Waals surface area contributed by atoms with E-state index in [4.69, 9.17) is 5.11 Å². The second-order valence-corrected chi connectivity index (χ2v) is 6.91. The highest BCUT2D eigenvalue weighted by molar-refractivity contribution is 5.92. The molecule has 1 N–H and O–H groups in total. The van der Waals surface area contributed by atoms with Crippen molar-refractivity contribution in [2.75, 3.05) is 18.0 Å². The zero-order chi connectivity index (χ0) is 17.0. The molecule has 0 aliphatic rings. The average Bonchev–Trinajstić information content (AvgIpc) is 2.44. The van der Waals surface area contributed by atoms with Crippen LogP contribution in [0.25, 0.3) is 10.9 Å². The highest BCUT2D eigenvalue weighted by atomic mass is 16.4. The van der Waals surface area contributed by atoms with Gasteiger partial charge in [0.15, 0.2) is 0 Å². The number of carboxylic acid groups (broad SMARTS) is 1. The fourth-order valence-electron chi connectivity index (χ4n) is 2.87. The lowest BCUT2D eigenvalue weighted by Gasteiger charge is -2.30. The number of aliphatic carboxylic acids is 1. The number of hydrogen-bond acceptors (Lipinski definition) is 3. The Hall–Kier alpha value is -2.10. The number of carbonyl (C=O) groups is 1. The van der Waals surface area contributed by atoms with Crippen molar-refractivity contribution in [3.63, 3.8) is 0 Å². The van der Waals surface area contributed by atoms with Crippen LogP contribution in [-0.2, 0) is 11.2 Å². The first kappa shape index (κ1) is 17.3. The van der Waals surface area contributed by atoms with E-state index in [0.29, 0.717) is 17.5 Å². The summed E-state index contributed by atoms with van der Waals surface area (Å²) in [6.45, 7) is 10.7. The number of aromatic nitrogens is 1. The van der Waals surface area contributed by atoms with Gasteiger partial charge in [-0.25, -0.2) is 0 Å². The van der Waals surface area contributed by atoms with Gasteiger partial charge in [-0.05, 0) is 24.0 Å². The van der Waals surface area contributed by atoms with Gasteiger partial charge in [0.2, 0.25) is 0 Å². The SMILES string of the molecule is CC(C)CN(CC(C)C)c1cc(CC(=O)O)nc2ccccc12. The van der Waals surface area contributed by atoms with Gasteiger partial charge in [0.05, 0.1) is 17.6 Å². The lowest BCUT2D eigenvalue weighted by Crippen LogP contribution is -2.31. The van der Waals surface area contributed by atoms with Gasteiger partial charge >= 0.3 is 5.97 Å². The third kappa shape index (κ3) is 4.68. The van der Waals surface area contributed by atoms with Crippen LogP contribution in [0.3, 0.4) is 0 Å². The van der Waals surface area contributed by atoms with E-state index in [-0.39, 0.29) is 6.42 Å². The van der Waals surface area contributed by atoms with Crippen LogP contribution in [0.5, 0.6) is 0 Å². The maximum Gasteiger partial charge on any atom is 0.309 e. The molecule has 1 aromatic heterocycles. The van der Waals surface area contributed by atoms with Crippen LogP contribution in [0.15, 0.2) is 30.3 Å². The Balaban J connectivity index is 2.55. The fourth-order valence-corrected chi connectivity index (χ4v) is 2.87. The average molecular weight is 314 g/mol. The Bertz CT molecular complexity index is 670.